The third-order valence-corrected chi connectivity index (χ3v) is 2.72. The Morgan fingerprint density at radius 2 is 1.75 bits per heavy atom. The van der Waals surface area contributed by atoms with Crippen LogP contribution in [0.5, 0.6) is 5.75 Å². The molecule has 1 aromatic carbocycles. The van der Waals surface area contributed by atoms with Gasteiger partial charge < -0.3 is 14.8 Å². The fraction of sp³-hybridized carbons (Fsp3) is 0.471. The number of amides is 3. The summed E-state index contributed by atoms with van der Waals surface area (Å²) in [5, 5.41) is 4.71. The van der Waals surface area contributed by atoms with Crippen LogP contribution < -0.4 is 15.4 Å². The number of benzene rings is 1. The fourth-order valence-corrected chi connectivity index (χ4v) is 1.66. The molecule has 3 amide bonds. The van der Waals surface area contributed by atoms with Gasteiger partial charge in [0.1, 0.15) is 5.75 Å². The van der Waals surface area contributed by atoms with Gasteiger partial charge in [0.05, 0.1) is 13.0 Å². The minimum atomic E-state index is -1.07. The zero-order valence-electron chi connectivity index (χ0n) is 14.4. The predicted octanol–water partition coefficient (Wildman–Crippen LogP) is 2.01. The minimum absolute atomic E-state index is 0.000696. The molecule has 0 bridgehead atoms. The molecular formula is C17H24N2O5. The lowest BCUT2D eigenvalue weighted by molar-refractivity contribution is -0.154. The van der Waals surface area contributed by atoms with Gasteiger partial charge >= 0.3 is 12.0 Å². The summed E-state index contributed by atoms with van der Waals surface area (Å²) in [7, 11) is 0. The van der Waals surface area contributed by atoms with Gasteiger partial charge in [-0.15, -0.1) is 0 Å². The molecule has 7 nitrogen and oxygen atoms in total. The van der Waals surface area contributed by atoms with Crippen LogP contribution in [0, 0.1) is 0 Å². The number of para-hydroxylation sites is 1. The molecule has 24 heavy (non-hydrogen) atoms. The van der Waals surface area contributed by atoms with Gasteiger partial charge in [0, 0.05) is 5.54 Å². The molecule has 0 fully saturated rings. The fourth-order valence-electron chi connectivity index (χ4n) is 1.66. The molecule has 0 aliphatic carbocycles. The van der Waals surface area contributed by atoms with E-state index in [9.17, 15) is 14.4 Å². The van der Waals surface area contributed by atoms with E-state index in [-0.39, 0.29) is 13.0 Å². The topological polar surface area (TPSA) is 93.7 Å². The van der Waals surface area contributed by atoms with Crippen LogP contribution in [0.25, 0.3) is 0 Å². The van der Waals surface area contributed by atoms with E-state index in [0.717, 1.165) is 0 Å². The van der Waals surface area contributed by atoms with E-state index in [4.69, 9.17) is 9.47 Å². The lowest BCUT2D eigenvalue weighted by atomic mass is 10.1. The van der Waals surface area contributed by atoms with Crippen molar-refractivity contribution < 1.29 is 23.9 Å². The van der Waals surface area contributed by atoms with Crippen LogP contribution in [0.4, 0.5) is 4.79 Å². The molecule has 1 rings (SSSR count). The first-order chi connectivity index (χ1) is 11.2. The number of hydrogen-bond acceptors (Lipinski definition) is 5. The number of hydrogen-bond donors (Lipinski definition) is 2. The average Bonchev–Trinajstić information content (AvgIpc) is 2.46. The molecule has 0 aromatic heterocycles. The van der Waals surface area contributed by atoms with Gasteiger partial charge in [-0.2, -0.15) is 0 Å². The van der Waals surface area contributed by atoms with Gasteiger partial charge in [0.25, 0.3) is 5.91 Å². The van der Waals surface area contributed by atoms with Crippen LogP contribution in [0.1, 0.15) is 34.1 Å². The zero-order chi connectivity index (χ0) is 18.2. The summed E-state index contributed by atoms with van der Waals surface area (Å²) in [4.78, 5) is 35.1. The summed E-state index contributed by atoms with van der Waals surface area (Å²) in [5.41, 5.74) is -0.473. The minimum Gasteiger partial charge on any atom is -0.493 e. The van der Waals surface area contributed by atoms with E-state index in [1.807, 2.05) is 18.2 Å². The SMILES string of the molecule is C[C@H](OC(=O)CCOc1ccccc1)C(=O)NC(=O)NC(C)(C)C. The number of imide groups is 1. The second-order valence-corrected chi connectivity index (χ2v) is 6.24. The standard InChI is InChI=1S/C17H24N2O5/c1-12(15(21)18-16(22)19-17(2,3)4)24-14(20)10-11-23-13-8-6-5-7-9-13/h5-9,12H,10-11H2,1-4H3,(H2,18,19,21,22)/t12-/m0/s1. The molecule has 1 aromatic rings. The number of nitrogens with one attached hydrogen (secondary N) is 2. The molecule has 1 atom stereocenters. The summed E-state index contributed by atoms with van der Waals surface area (Å²) in [5.74, 6) is -0.617. The van der Waals surface area contributed by atoms with Crippen molar-refractivity contribution in [3.8, 4) is 5.75 Å². The van der Waals surface area contributed by atoms with Crippen molar-refractivity contribution >= 4 is 17.9 Å². The van der Waals surface area contributed by atoms with Crippen molar-refractivity contribution in [3.63, 3.8) is 0 Å². The summed E-state index contributed by atoms with van der Waals surface area (Å²) in [6, 6.07) is 8.41. The van der Waals surface area contributed by atoms with Crippen LogP contribution in [0.15, 0.2) is 30.3 Å². The molecule has 0 radical (unpaired) electrons. The average molecular weight is 336 g/mol. The van der Waals surface area contributed by atoms with Gasteiger partial charge in [-0.3, -0.25) is 14.9 Å². The first kappa shape index (κ1) is 19.5. The van der Waals surface area contributed by atoms with Crippen molar-refractivity contribution in [1.82, 2.24) is 10.6 Å². The molecular weight excluding hydrogens is 312 g/mol. The highest BCUT2D eigenvalue weighted by Gasteiger charge is 2.22. The maximum atomic E-state index is 11.8. The molecule has 132 valence electrons. The monoisotopic (exact) mass is 336 g/mol. The van der Waals surface area contributed by atoms with Crippen molar-refractivity contribution in [3.05, 3.63) is 30.3 Å². The van der Waals surface area contributed by atoms with E-state index in [1.165, 1.54) is 6.92 Å². The first-order valence-electron chi connectivity index (χ1n) is 7.68. The molecule has 2 N–H and O–H groups in total. The maximum absolute atomic E-state index is 11.8. The van der Waals surface area contributed by atoms with E-state index >= 15 is 0 Å². The second kappa shape index (κ2) is 8.90. The van der Waals surface area contributed by atoms with E-state index in [1.54, 1.807) is 32.9 Å². The van der Waals surface area contributed by atoms with Crippen molar-refractivity contribution in [2.24, 2.45) is 0 Å². The van der Waals surface area contributed by atoms with Crippen LogP contribution in [-0.4, -0.2) is 36.2 Å². The summed E-state index contributed by atoms with van der Waals surface area (Å²) in [6.07, 6.45) is -1.07. The highest BCUT2D eigenvalue weighted by molar-refractivity contribution is 5.97. The van der Waals surface area contributed by atoms with Gasteiger partial charge in [0.15, 0.2) is 6.10 Å². The van der Waals surface area contributed by atoms with Crippen molar-refractivity contribution in [2.45, 2.75) is 45.8 Å². The third kappa shape index (κ3) is 8.17. The lowest BCUT2D eigenvalue weighted by Crippen LogP contribution is -2.50. The second-order valence-electron chi connectivity index (χ2n) is 6.24. The van der Waals surface area contributed by atoms with E-state index in [2.05, 4.69) is 10.6 Å². The normalized spacial score (nSPS) is 12.0. The summed E-state index contributed by atoms with van der Waals surface area (Å²) < 4.78 is 10.3. The molecule has 0 aliphatic rings. The zero-order valence-corrected chi connectivity index (χ0v) is 14.4. The van der Waals surface area contributed by atoms with E-state index < -0.39 is 29.6 Å². The Labute approximate surface area is 141 Å². The third-order valence-electron chi connectivity index (χ3n) is 2.72. The first-order valence-corrected chi connectivity index (χ1v) is 7.68. The Bertz CT molecular complexity index is 566. The molecule has 0 saturated carbocycles. The highest BCUT2D eigenvalue weighted by atomic mass is 16.5. The Morgan fingerprint density at radius 3 is 2.33 bits per heavy atom. The van der Waals surface area contributed by atoms with Crippen LogP contribution >= 0.6 is 0 Å². The Hall–Kier alpha value is -2.57. The molecule has 0 heterocycles. The van der Waals surface area contributed by atoms with Gasteiger partial charge in [0.2, 0.25) is 0 Å². The number of rotatable bonds is 6. The molecule has 0 unspecified atom stereocenters. The number of carbonyl (C=O) groups is 3. The molecule has 0 spiro atoms. The predicted molar refractivity (Wildman–Crippen MR) is 88.5 cm³/mol. The number of carbonyl (C=O) groups excluding carboxylic acids is 3. The van der Waals surface area contributed by atoms with Gasteiger partial charge in [-0.25, -0.2) is 4.79 Å². The van der Waals surface area contributed by atoms with Crippen molar-refractivity contribution in [2.75, 3.05) is 6.61 Å². The Balaban J connectivity index is 2.30. The summed E-state index contributed by atoms with van der Waals surface area (Å²) in [6.45, 7) is 6.89. The van der Waals surface area contributed by atoms with Crippen LogP contribution in [0.2, 0.25) is 0 Å². The van der Waals surface area contributed by atoms with Gasteiger partial charge in [-0.05, 0) is 39.8 Å². The van der Waals surface area contributed by atoms with Gasteiger partial charge in [-0.1, -0.05) is 18.2 Å². The number of ether oxygens (including phenoxy) is 2. The highest BCUT2D eigenvalue weighted by Crippen LogP contribution is 2.08. The quantitative estimate of drug-likeness (QED) is 0.775. The number of urea groups is 1. The van der Waals surface area contributed by atoms with Crippen LogP contribution in [-0.2, 0) is 14.3 Å². The van der Waals surface area contributed by atoms with Crippen LogP contribution in [0.3, 0.4) is 0 Å². The maximum Gasteiger partial charge on any atom is 0.321 e. The molecule has 0 aliphatic heterocycles. The lowest BCUT2D eigenvalue weighted by Gasteiger charge is -2.21. The molecule has 7 heteroatoms. The Kier molecular flexibility index (Phi) is 7.23. The number of esters is 1. The van der Waals surface area contributed by atoms with E-state index in [0.29, 0.717) is 5.75 Å². The van der Waals surface area contributed by atoms with Crippen molar-refractivity contribution in [1.29, 1.82) is 0 Å². The summed E-state index contributed by atoms with van der Waals surface area (Å²) >= 11 is 0. The largest absolute Gasteiger partial charge is 0.493 e. The molecule has 0 saturated heterocycles. The Morgan fingerprint density at radius 1 is 1.12 bits per heavy atom. The smallest absolute Gasteiger partial charge is 0.321 e.